The van der Waals surface area contributed by atoms with Crippen molar-refractivity contribution in [2.75, 3.05) is 37.7 Å². The maximum absolute atomic E-state index is 13.7. The molecule has 222 valence electrons. The third-order valence-electron chi connectivity index (χ3n) is 8.27. The van der Waals surface area contributed by atoms with Crippen LogP contribution in [-0.4, -0.2) is 63.1 Å². The zero-order valence-electron chi connectivity index (χ0n) is 24.1. The van der Waals surface area contributed by atoms with Gasteiger partial charge in [-0.2, -0.15) is 0 Å². The van der Waals surface area contributed by atoms with E-state index in [1.807, 2.05) is 18.2 Å². The van der Waals surface area contributed by atoms with Crippen LogP contribution in [0.15, 0.2) is 34.1 Å². The average Bonchev–Trinajstić information content (AvgIpc) is 3.55. The van der Waals surface area contributed by atoms with Crippen LogP contribution in [0.5, 0.6) is 0 Å². The fraction of sp³-hybridized carbons (Fsp3) is 0.613. The Bertz CT molecular complexity index is 1310. The Labute approximate surface area is 252 Å². The topological polar surface area (TPSA) is 76.4 Å². The first kappa shape index (κ1) is 30.2. The summed E-state index contributed by atoms with van der Waals surface area (Å²) in [6.07, 6.45) is 17.2. The molecule has 5 heterocycles. The predicted molar refractivity (Wildman–Crippen MR) is 169 cm³/mol. The second kappa shape index (κ2) is 14.3. The van der Waals surface area contributed by atoms with E-state index >= 15 is 0 Å². The molecule has 10 heteroatoms. The highest BCUT2D eigenvalue weighted by molar-refractivity contribution is 8.26. The van der Waals surface area contributed by atoms with E-state index in [0.717, 1.165) is 12.8 Å². The standard InChI is InChI=1S/C31H42N4O4S2/c1-2-3-4-5-6-7-8-9-10-12-18-35-29(37)25(41-30(35)40)23-24-27(32-26-14-11-13-17-34(26)28(24)36)33-19-15-31(16-20-33)38-21-22-39-31/h11,13-14,17,23H,2-10,12,15-16,18-22H2,1H3/b25-23+. The van der Waals surface area contributed by atoms with Crippen LogP contribution in [0.4, 0.5) is 5.82 Å². The quantitative estimate of drug-likeness (QED) is 0.154. The zero-order valence-corrected chi connectivity index (χ0v) is 25.8. The van der Waals surface area contributed by atoms with Crippen LogP contribution < -0.4 is 10.5 Å². The van der Waals surface area contributed by atoms with Gasteiger partial charge in [0.25, 0.3) is 11.5 Å². The van der Waals surface area contributed by atoms with Gasteiger partial charge in [0, 0.05) is 38.7 Å². The number of fused-ring (bicyclic) bond motifs is 1. The van der Waals surface area contributed by atoms with Gasteiger partial charge in [-0.3, -0.25) is 18.9 Å². The molecule has 3 aliphatic heterocycles. The Balaban J connectivity index is 1.25. The molecular formula is C31H42N4O4S2. The van der Waals surface area contributed by atoms with E-state index in [-0.39, 0.29) is 11.5 Å². The molecule has 0 aliphatic carbocycles. The predicted octanol–water partition coefficient (Wildman–Crippen LogP) is 6.16. The SMILES string of the molecule is CCCCCCCCCCCCN1C(=O)/C(=C\c2c(N3CCC4(CC3)OCCO4)nc3ccccn3c2=O)SC1=S. The molecule has 2 aromatic rings. The van der Waals surface area contributed by atoms with Crippen LogP contribution in [0.2, 0.25) is 0 Å². The smallest absolute Gasteiger partial charge is 0.267 e. The van der Waals surface area contributed by atoms with Crippen molar-refractivity contribution in [3.05, 3.63) is 45.2 Å². The number of carbonyl (C=O) groups excluding carboxylic acids is 1. The third kappa shape index (κ3) is 7.21. The van der Waals surface area contributed by atoms with Crippen molar-refractivity contribution in [2.24, 2.45) is 0 Å². The van der Waals surface area contributed by atoms with Crippen LogP contribution >= 0.6 is 24.0 Å². The Hall–Kier alpha value is -2.27. The molecule has 3 saturated heterocycles. The molecule has 0 saturated carbocycles. The van der Waals surface area contributed by atoms with E-state index in [9.17, 15) is 9.59 Å². The molecule has 41 heavy (non-hydrogen) atoms. The minimum atomic E-state index is -0.528. The lowest BCUT2D eigenvalue weighted by Crippen LogP contribution is -2.46. The van der Waals surface area contributed by atoms with Gasteiger partial charge in [0.2, 0.25) is 0 Å². The van der Waals surface area contributed by atoms with E-state index in [0.29, 0.717) is 71.9 Å². The number of hydrogen-bond acceptors (Lipinski definition) is 8. The number of anilines is 1. The van der Waals surface area contributed by atoms with E-state index < -0.39 is 5.79 Å². The number of thioether (sulfide) groups is 1. The molecule has 2 aromatic heterocycles. The van der Waals surface area contributed by atoms with Gasteiger partial charge in [0.15, 0.2) is 5.79 Å². The number of pyridine rings is 1. The van der Waals surface area contributed by atoms with E-state index in [2.05, 4.69) is 11.8 Å². The molecule has 0 N–H and O–H groups in total. The van der Waals surface area contributed by atoms with Crippen LogP contribution in [-0.2, 0) is 14.3 Å². The molecule has 0 atom stereocenters. The lowest BCUT2D eigenvalue weighted by molar-refractivity contribution is -0.169. The number of rotatable bonds is 13. The van der Waals surface area contributed by atoms with Gasteiger partial charge < -0.3 is 14.4 Å². The Morgan fingerprint density at radius 1 is 0.976 bits per heavy atom. The molecule has 5 rings (SSSR count). The minimum absolute atomic E-state index is 0.121. The van der Waals surface area contributed by atoms with Gasteiger partial charge in [-0.25, -0.2) is 4.98 Å². The van der Waals surface area contributed by atoms with Crippen molar-refractivity contribution in [3.8, 4) is 0 Å². The number of amides is 1. The Morgan fingerprint density at radius 3 is 2.32 bits per heavy atom. The van der Waals surface area contributed by atoms with Gasteiger partial charge in [-0.15, -0.1) is 0 Å². The molecule has 8 nitrogen and oxygen atoms in total. The van der Waals surface area contributed by atoms with Crippen molar-refractivity contribution >= 4 is 51.7 Å². The molecule has 0 radical (unpaired) electrons. The summed E-state index contributed by atoms with van der Waals surface area (Å²) in [5, 5.41) is 0. The van der Waals surface area contributed by atoms with E-state index in [1.54, 1.807) is 17.2 Å². The molecular weight excluding hydrogens is 556 g/mol. The summed E-state index contributed by atoms with van der Waals surface area (Å²) < 4.78 is 13.9. The maximum atomic E-state index is 13.7. The summed E-state index contributed by atoms with van der Waals surface area (Å²) in [4.78, 5) is 36.3. The normalized spacial score (nSPS) is 19.9. The number of hydrogen-bond donors (Lipinski definition) is 0. The molecule has 1 spiro atoms. The average molecular weight is 599 g/mol. The van der Waals surface area contributed by atoms with Gasteiger partial charge >= 0.3 is 0 Å². The fourth-order valence-corrected chi connectivity index (χ4v) is 7.17. The first-order valence-electron chi connectivity index (χ1n) is 15.3. The third-order valence-corrected chi connectivity index (χ3v) is 9.65. The largest absolute Gasteiger partial charge is 0.355 e. The molecule has 0 unspecified atom stereocenters. The zero-order chi connectivity index (χ0) is 28.7. The van der Waals surface area contributed by atoms with Crippen LogP contribution in [0.3, 0.4) is 0 Å². The number of aromatic nitrogens is 2. The number of carbonyl (C=O) groups is 1. The molecule has 0 aromatic carbocycles. The highest BCUT2D eigenvalue weighted by Gasteiger charge is 2.41. The Kier molecular flexibility index (Phi) is 10.5. The summed E-state index contributed by atoms with van der Waals surface area (Å²) in [5.41, 5.74) is 0.795. The van der Waals surface area contributed by atoms with Gasteiger partial charge in [-0.05, 0) is 24.6 Å². The second-order valence-electron chi connectivity index (χ2n) is 11.2. The van der Waals surface area contributed by atoms with Crippen LogP contribution in [0, 0.1) is 0 Å². The summed E-state index contributed by atoms with van der Waals surface area (Å²) in [5.74, 6) is -0.0571. The highest BCUT2D eigenvalue weighted by Crippen LogP contribution is 2.36. The van der Waals surface area contributed by atoms with Crippen molar-refractivity contribution < 1.29 is 14.3 Å². The summed E-state index contributed by atoms with van der Waals surface area (Å²) in [6, 6.07) is 5.51. The number of nitrogens with zero attached hydrogens (tertiary/aromatic N) is 4. The number of ether oxygens (including phenoxy) is 2. The number of unbranched alkanes of at least 4 members (excludes halogenated alkanes) is 9. The molecule has 3 aliphatic rings. The monoisotopic (exact) mass is 598 g/mol. The second-order valence-corrected chi connectivity index (χ2v) is 12.9. The Morgan fingerprint density at radius 2 is 1.63 bits per heavy atom. The molecule has 3 fully saturated rings. The highest BCUT2D eigenvalue weighted by atomic mass is 32.2. The fourth-order valence-electron chi connectivity index (χ4n) is 5.88. The van der Waals surface area contributed by atoms with Gasteiger partial charge in [-0.1, -0.05) is 94.8 Å². The maximum Gasteiger partial charge on any atom is 0.267 e. The number of piperidine rings is 1. The lowest BCUT2D eigenvalue weighted by atomic mass is 10.0. The first-order valence-corrected chi connectivity index (χ1v) is 16.5. The summed E-state index contributed by atoms with van der Waals surface area (Å²) in [6.45, 7) is 5.39. The molecule has 1 amide bonds. The van der Waals surface area contributed by atoms with Crippen LogP contribution in [0.25, 0.3) is 11.7 Å². The van der Waals surface area contributed by atoms with Crippen molar-refractivity contribution in [1.29, 1.82) is 0 Å². The minimum Gasteiger partial charge on any atom is -0.355 e. The number of thiocarbonyl (C=S) groups is 1. The van der Waals surface area contributed by atoms with E-state index in [1.165, 1.54) is 67.5 Å². The van der Waals surface area contributed by atoms with E-state index in [4.69, 9.17) is 26.7 Å². The van der Waals surface area contributed by atoms with Gasteiger partial charge in [0.1, 0.15) is 15.8 Å². The summed E-state index contributed by atoms with van der Waals surface area (Å²) >= 11 is 6.87. The van der Waals surface area contributed by atoms with Gasteiger partial charge in [0.05, 0.1) is 23.7 Å². The van der Waals surface area contributed by atoms with Crippen molar-refractivity contribution in [1.82, 2.24) is 14.3 Å². The lowest BCUT2D eigenvalue weighted by Gasteiger charge is -2.38. The van der Waals surface area contributed by atoms with Crippen molar-refractivity contribution in [3.63, 3.8) is 0 Å². The first-order chi connectivity index (χ1) is 20.0. The van der Waals surface area contributed by atoms with Crippen LogP contribution in [0.1, 0.15) is 89.5 Å². The summed E-state index contributed by atoms with van der Waals surface area (Å²) in [7, 11) is 0. The molecule has 0 bridgehead atoms. The van der Waals surface area contributed by atoms with Crippen molar-refractivity contribution in [2.45, 2.75) is 89.8 Å².